The highest BCUT2D eigenvalue weighted by Gasteiger charge is 2.07. The molecule has 0 saturated heterocycles. The Bertz CT molecular complexity index is 361. The van der Waals surface area contributed by atoms with E-state index in [0.29, 0.717) is 11.3 Å². The van der Waals surface area contributed by atoms with Gasteiger partial charge in [0.05, 0.1) is 12.2 Å². The Morgan fingerprint density at radius 1 is 1.36 bits per heavy atom. The number of nitrogens with two attached hydrogens (primary N) is 1. The van der Waals surface area contributed by atoms with Gasteiger partial charge >= 0.3 is 0 Å². The molecule has 14 heavy (non-hydrogen) atoms. The number of ketones is 1. The Balaban J connectivity index is 2.95. The molecule has 0 aromatic heterocycles. The average molecular weight is 192 g/mol. The Hall–Kier alpha value is -1.68. The largest absolute Gasteiger partial charge is 0.324 e. The number of carbonyl (C=O) groups is 2. The fourth-order valence-corrected chi connectivity index (χ4v) is 1.10. The molecule has 0 aliphatic rings. The molecule has 0 saturated carbocycles. The van der Waals surface area contributed by atoms with E-state index < -0.39 is 0 Å². The molecule has 0 heterocycles. The van der Waals surface area contributed by atoms with Gasteiger partial charge in [0.2, 0.25) is 5.91 Å². The van der Waals surface area contributed by atoms with Crippen LogP contribution in [-0.4, -0.2) is 18.2 Å². The molecule has 1 rings (SSSR count). The van der Waals surface area contributed by atoms with Crippen LogP contribution < -0.4 is 11.1 Å². The predicted octanol–water partition coefficient (Wildman–Crippen LogP) is 0.786. The maximum Gasteiger partial charge on any atom is 0.238 e. The molecule has 0 fully saturated rings. The smallest absolute Gasteiger partial charge is 0.238 e. The van der Waals surface area contributed by atoms with Crippen molar-refractivity contribution in [2.45, 2.75) is 6.92 Å². The van der Waals surface area contributed by atoms with E-state index in [-0.39, 0.29) is 18.2 Å². The monoisotopic (exact) mass is 192 g/mol. The highest BCUT2D eigenvalue weighted by Crippen LogP contribution is 2.14. The first-order chi connectivity index (χ1) is 6.65. The molecule has 74 valence electrons. The van der Waals surface area contributed by atoms with Crippen LogP contribution in [0.2, 0.25) is 0 Å². The summed E-state index contributed by atoms with van der Waals surface area (Å²) >= 11 is 0. The second-order valence-electron chi connectivity index (χ2n) is 2.85. The van der Waals surface area contributed by atoms with Gasteiger partial charge in [-0.15, -0.1) is 0 Å². The quantitative estimate of drug-likeness (QED) is 0.695. The van der Waals surface area contributed by atoms with Crippen molar-refractivity contribution in [3.8, 4) is 0 Å². The zero-order chi connectivity index (χ0) is 10.6. The summed E-state index contributed by atoms with van der Waals surface area (Å²) in [7, 11) is 0. The van der Waals surface area contributed by atoms with Crippen LogP contribution in [0, 0.1) is 0 Å². The van der Waals surface area contributed by atoms with Crippen molar-refractivity contribution in [1.29, 1.82) is 0 Å². The minimum absolute atomic E-state index is 0.0853. The number of hydrogen-bond donors (Lipinski definition) is 2. The summed E-state index contributed by atoms with van der Waals surface area (Å²) in [4.78, 5) is 22.2. The maximum absolute atomic E-state index is 11.2. The van der Waals surface area contributed by atoms with E-state index in [4.69, 9.17) is 5.73 Å². The SMILES string of the molecule is CC(=O)c1ccccc1NC(=O)CN. The summed E-state index contributed by atoms with van der Waals surface area (Å²) in [5.41, 5.74) is 6.15. The molecule has 0 bridgehead atoms. The molecule has 0 radical (unpaired) electrons. The lowest BCUT2D eigenvalue weighted by atomic mass is 10.1. The normalized spacial score (nSPS) is 9.57. The molecular weight excluding hydrogens is 180 g/mol. The Labute approximate surface area is 82.1 Å². The van der Waals surface area contributed by atoms with Gasteiger partial charge in [0, 0.05) is 5.56 Å². The van der Waals surface area contributed by atoms with Crippen LogP contribution in [0.15, 0.2) is 24.3 Å². The number of rotatable bonds is 3. The lowest BCUT2D eigenvalue weighted by Gasteiger charge is -2.07. The Morgan fingerprint density at radius 2 is 2.00 bits per heavy atom. The summed E-state index contributed by atoms with van der Waals surface area (Å²) in [6, 6.07) is 6.83. The number of nitrogens with one attached hydrogen (secondary N) is 1. The van der Waals surface area contributed by atoms with E-state index in [1.165, 1.54) is 6.92 Å². The number of anilines is 1. The van der Waals surface area contributed by atoms with Crippen LogP contribution in [0.5, 0.6) is 0 Å². The van der Waals surface area contributed by atoms with E-state index >= 15 is 0 Å². The number of Topliss-reactive ketones (excluding diaryl/α,β-unsaturated/α-hetero) is 1. The van der Waals surface area contributed by atoms with Crippen molar-refractivity contribution < 1.29 is 9.59 Å². The van der Waals surface area contributed by atoms with Gasteiger partial charge in [-0.05, 0) is 19.1 Å². The van der Waals surface area contributed by atoms with Crippen LogP contribution in [0.25, 0.3) is 0 Å². The van der Waals surface area contributed by atoms with Crippen LogP contribution >= 0.6 is 0 Å². The van der Waals surface area contributed by atoms with Crippen molar-refractivity contribution in [3.05, 3.63) is 29.8 Å². The molecule has 1 aromatic rings. The summed E-state index contributed by atoms with van der Waals surface area (Å²) in [6.45, 7) is 1.36. The van der Waals surface area contributed by atoms with Crippen molar-refractivity contribution in [2.75, 3.05) is 11.9 Å². The molecule has 0 atom stereocenters. The third-order valence-corrected chi connectivity index (χ3v) is 1.77. The predicted molar refractivity (Wildman–Crippen MR) is 54.1 cm³/mol. The molecule has 4 heteroatoms. The lowest BCUT2D eigenvalue weighted by molar-refractivity contribution is -0.114. The maximum atomic E-state index is 11.2. The molecule has 0 aliphatic carbocycles. The fraction of sp³-hybridized carbons (Fsp3) is 0.200. The summed E-state index contributed by atoms with van der Waals surface area (Å²) in [5.74, 6) is -0.392. The first-order valence-electron chi connectivity index (χ1n) is 4.25. The van der Waals surface area contributed by atoms with E-state index in [0.717, 1.165) is 0 Å². The van der Waals surface area contributed by atoms with Crippen molar-refractivity contribution in [1.82, 2.24) is 0 Å². The molecule has 4 nitrogen and oxygen atoms in total. The fourth-order valence-electron chi connectivity index (χ4n) is 1.10. The topological polar surface area (TPSA) is 72.2 Å². The number of para-hydroxylation sites is 1. The number of hydrogen-bond acceptors (Lipinski definition) is 3. The van der Waals surface area contributed by atoms with Gasteiger partial charge in [-0.25, -0.2) is 0 Å². The average Bonchev–Trinajstić information content (AvgIpc) is 2.18. The van der Waals surface area contributed by atoms with Crippen LogP contribution in [-0.2, 0) is 4.79 Å². The van der Waals surface area contributed by atoms with E-state index in [1.807, 2.05) is 0 Å². The second-order valence-corrected chi connectivity index (χ2v) is 2.85. The first-order valence-corrected chi connectivity index (χ1v) is 4.25. The molecule has 3 N–H and O–H groups in total. The lowest BCUT2D eigenvalue weighted by Crippen LogP contribution is -2.22. The van der Waals surface area contributed by atoms with Crippen molar-refractivity contribution in [2.24, 2.45) is 5.73 Å². The summed E-state index contributed by atoms with van der Waals surface area (Å²) in [6.07, 6.45) is 0. The standard InChI is InChI=1S/C10H12N2O2/c1-7(13)8-4-2-3-5-9(8)12-10(14)6-11/h2-5H,6,11H2,1H3,(H,12,14). The van der Waals surface area contributed by atoms with E-state index in [2.05, 4.69) is 5.32 Å². The van der Waals surface area contributed by atoms with Crippen LogP contribution in [0.3, 0.4) is 0 Å². The molecule has 0 aliphatic heterocycles. The second kappa shape index (κ2) is 4.53. The van der Waals surface area contributed by atoms with Crippen LogP contribution in [0.4, 0.5) is 5.69 Å². The highest BCUT2D eigenvalue weighted by atomic mass is 16.2. The third kappa shape index (κ3) is 2.40. The van der Waals surface area contributed by atoms with Crippen LogP contribution in [0.1, 0.15) is 17.3 Å². The van der Waals surface area contributed by atoms with Gasteiger partial charge in [-0.1, -0.05) is 12.1 Å². The van der Waals surface area contributed by atoms with E-state index in [1.54, 1.807) is 24.3 Å². The minimum Gasteiger partial charge on any atom is -0.324 e. The minimum atomic E-state index is -0.307. The molecule has 1 amide bonds. The zero-order valence-electron chi connectivity index (χ0n) is 7.91. The number of carbonyl (C=O) groups excluding carboxylic acids is 2. The Kier molecular flexibility index (Phi) is 3.36. The first kappa shape index (κ1) is 10.4. The number of benzene rings is 1. The highest BCUT2D eigenvalue weighted by molar-refractivity contribution is 6.03. The van der Waals surface area contributed by atoms with Gasteiger partial charge in [0.1, 0.15) is 0 Å². The van der Waals surface area contributed by atoms with Gasteiger partial charge in [-0.2, -0.15) is 0 Å². The van der Waals surface area contributed by atoms with E-state index in [9.17, 15) is 9.59 Å². The molecule has 0 spiro atoms. The van der Waals surface area contributed by atoms with Crippen molar-refractivity contribution in [3.63, 3.8) is 0 Å². The summed E-state index contributed by atoms with van der Waals surface area (Å²) < 4.78 is 0. The molecule has 1 aromatic carbocycles. The van der Waals surface area contributed by atoms with Crippen molar-refractivity contribution >= 4 is 17.4 Å². The molecular formula is C10H12N2O2. The third-order valence-electron chi connectivity index (χ3n) is 1.77. The van der Waals surface area contributed by atoms with Gasteiger partial charge < -0.3 is 11.1 Å². The van der Waals surface area contributed by atoms with Gasteiger partial charge in [0.15, 0.2) is 5.78 Å². The summed E-state index contributed by atoms with van der Waals surface area (Å²) in [5, 5.41) is 2.56. The van der Waals surface area contributed by atoms with Gasteiger partial charge in [0.25, 0.3) is 0 Å². The zero-order valence-corrected chi connectivity index (χ0v) is 7.91. The number of amides is 1. The van der Waals surface area contributed by atoms with Gasteiger partial charge in [-0.3, -0.25) is 9.59 Å². The molecule has 0 unspecified atom stereocenters. The Morgan fingerprint density at radius 3 is 2.57 bits per heavy atom.